The van der Waals surface area contributed by atoms with Crippen molar-refractivity contribution in [1.29, 1.82) is 0 Å². The zero-order valence-electron chi connectivity index (χ0n) is 12.0. The fraction of sp³-hybridized carbons (Fsp3) is 0.714. The Bertz CT molecular complexity index is 285. The molecule has 2 nitrogen and oxygen atoms in total. The summed E-state index contributed by atoms with van der Waals surface area (Å²) in [7, 11) is -2.13. The standard InChI is InChI=1S/C14H26O2Si/c1-8-9-15-17(6,7)16-14(10-12(2)3)11-13(4)5/h1,10,12-13H,9,11H2,2-7H3/b14-10+. The van der Waals surface area contributed by atoms with Crippen LogP contribution in [0, 0.1) is 24.2 Å². The Morgan fingerprint density at radius 1 is 1.29 bits per heavy atom. The molecule has 0 amide bonds. The molecule has 0 fully saturated rings. The molecular weight excluding hydrogens is 228 g/mol. The molecule has 0 rings (SSSR count). The quantitative estimate of drug-likeness (QED) is 0.389. The normalized spacial score (nSPS) is 13.0. The zero-order chi connectivity index (χ0) is 13.5. The van der Waals surface area contributed by atoms with E-state index in [2.05, 4.69) is 39.7 Å². The van der Waals surface area contributed by atoms with E-state index in [1.807, 2.05) is 13.1 Å². The molecule has 0 aromatic carbocycles. The molecule has 0 saturated heterocycles. The smallest absolute Gasteiger partial charge is 0.392 e. The van der Waals surface area contributed by atoms with Crippen LogP contribution in [0.3, 0.4) is 0 Å². The SMILES string of the molecule is C#CCO[Si](C)(C)O/C(=C/C(C)C)CC(C)C. The lowest BCUT2D eigenvalue weighted by atomic mass is 10.1. The highest BCUT2D eigenvalue weighted by Crippen LogP contribution is 2.20. The molecule has 0 atom stereocenters. The molecule has 0 heterocycles. The first-order valence-corrected chi connectivity index (χ1v) is 9.05. The average molecular weight is 254 g/mol. The van der Waals surface area contributed by atoms with Gasteiger partial charge in [-0.25, -0.2) is 0 Å². The van der Waals surface area contributed by atoms with Gasteiger partial charge in [-0.3, -0.25) is 0 Å². The minimum atomic E-state index is -2.13. The summed E-state index contributed by atoms with van der Waals surface area (Å²) in [5.41, 5.74) is 0. The molecular formula is C14H26O2Si. The molecule has 0 aliphatic carbocycles. The van der Waals surface area contributed by atoms with E-state index in [-0.39, 0.29) is 0 Å². The van der Waals surface area contributed by atoms with E-state index in [0.29, 0.717) is 18.4 Å². The fourth-order valence-corrected chi connectivity index (χ4v) is 2.75. The van der Waals surface area contributed by atoms with Crippen molar-refractivity contribution < 1.29 is 8.85 Å². The minimum Gasteiger partial charge on any atom is -0.524 e. The van der Waals surface area contributed by atoms with Crippen molar-refractivity contribution in [3.63, 3.8) is 0 Å². The first-order chi connectivity index (χ1) is 7.76. The van der Waals surface area contributed by atoms with Crippen LogP contribution in [0.25, 0.3) is 0 Å². The van der Waals surface area contributed by atoms with Gasteiger partial charge in [0.25, 0.3) is 0 Å². The van der Waals surface area contributed by atoms with Gasteiger partial charge in [0, 0.05) is 6.42 Å². The molecule has 0 radical (unpaired) electrons. The van der Waals surface area contributed by atoms with Gasteiger partial charge in [-0.1, -0.05) is 33.6 Å². The molecule has 0 aromatic heterocycles. The van der Waals surface area contributed by atoms with Crippen molar-refractivity contribution in [2.45, 2.75) is 47.2 Å². The van der Waals surface area contributed by atoms with Crippen molar-refractivity contribution >= 4 is 8.56 Å². The Labute approximate surface area is 108 Å². The van der Waals surface area contributed by atoms with Gasteiger partial charge in [-0.05, 0) is 31.0 Å². The van der Waals surface area contributed by atoms with Gasteiger partial charge in [-0.15, -0.1) is 6.42 Å². The van der Waals surface area contributed by atoms with Gasteiger partial charge >= 0.3 is 8.56 Å². The lowest BCUT2D eigenvalue weighted by Crippen LogP contribution is -2.35. The maximum absolute atomic E-state index is 6.04. The van der Waals surface area contributed by atoms with Crippen LogP contribution in [0.15, 0.2) is 11.8 Å². The number of rotatable bonds is 7. The second-order valence-corrected chi connectivity index (χ2v) is 8.76. The van der Waals surface area contributed by atoms with Crippen molar-refractivity contribution in [1.82, 2.24) is 0 Å². The lowest BCUT2D eigenvalue weighted by molar-refractivity contribution is 0.232. The Morgan fingerprint density at radius 3 is 2.29 bits per heavy atom. The van der Waals surface area contributed by atoms with Gasteiger partial charge in [0.1, 0.15) is 0 Å². The summed E-state index contributed by atoms with van der Waals surface area (Å²) >= 11 is 0. The van der Waals surface area contributed by atoms with Gasteiger partial charge in [0.15, 0.2) is 0 Å². The van der Waals surface area contributed by atoms with E-state index in [1.54, 1.807) is 0 Å². The van der Waals surface area contributed by atoms with Crippen molar-refractivity contribution in [3.05, 3.63) is 11.8 Å². The molecule has 3 heteroatoms. The summed E-state index contributed by atoms with van der Waals surface area (Å²) in [4.78, 5) is 0. The highest BCUT2D eigenvalue weighted by molar-refractivity contribution is 6.64. The molecule has 0 aliphatic rings. The average Bonchev–Trinajstić information content (AvgIpc) is 2.11. The molecule has 0 saturated carbocycles. The van der Waals surface area contributed by atoms with Crippen LogP contribution in [-0.2, 0) is 8.85 Å². The van der Waals surface area contributed by atoms with Gasteiger partial charge < -0.3 is 8.85 Å². The maximum Gasteiger partial charge on any atom is 0.392 e. The van der Waals surface area contributed by atoms with E-state index in [1.165, 1.54) is 0 Å². The molecule has 98 valence electrons. The van der Waals surface area contributed by atoms with E-state index < -0.39 is 8.56 Å². The third kappa shape index (κ3) is 9.02. The molecule has 0 unspecified atom stereocenters. The molecule has 0 spiro atoms. The first-order valence-electron chi connectivity index (χ1n) is 6.24. The lowest BCUT2D eigenvalue weighted by Gasteiger charge is -2.26. The predicted octanol–water partition coefficient (Wildman–Crippen LogP) is 3.94. The van der Waals surface area contributed by atoms with Crippen molar-refractivity contribution in [2.24, 2.45) is 11.8 Å². The highest BCUT2D eigenvalue weighted by atomic mass is 28.4. The number of hydrogen-bond donors (Lipinski definition) is 0. The van der Waals surface area contributed by atoms with Crippen molar-refractivity contribution in [2.75, 3.05) is 6.61 Å². The van der Waals surface area contributed by atoms with Crippen LogP contribution in [0.5, 0.6) is 0 Å². The van der Waals surface area contributed by atoms with E-state index in [9.17, 15) is 0 Å². The van der Waals surface area contributed by atoms with Crippen LogP contribution in [0.1, 0.15) is 34.1 Å². The predicted molar refractivity (Wildman–Crippen MR) is 75.7 cm³/mol. The zero-order valence-corrected chi connectivity index (χ0v) is 13.0. The minimum absolute atomic E-state index is 0.329. The third-order valence-corrected chi connectivity index (χ3v) is 3.60. The monoisotopic (exact) mass is 254 g/mol. The topological polar surface area (TPSA) is 18.5 Å². The van der Waals surface area contributed by atoms with Crippen LogP contribution >= 0.6 is 0 Å². The molecule has 0 aromatic rings. The van der Waals surface area contributed by atoms with E-state index in [4.69, 9.17) is 15.3 Å². The fourth-order valence-electron chi connectivity index (χ4n) is 1.48. The van der Waals surface area contributed by atoms with Crippen molar-refractivity contribution in [3.8, 4) is 12.3 Å². The first kappa shape index (κ1) is 16.3. The largest absolute Gasteiger partial charge is 0.524 e. The number of hydrogen-bond acceptors (Lipinski definition) is 2. The van der Waals surface area contributed by atoms with E-state index >= 15 is 0 Å². The maximum atomic E-state index is 6.04. The second kappa shape index (κ2) is 7.57. The Balaban J connectivity index is 4.57. The second-order valence-electron chi connectivity index (χ2n) is 5.47. The summed E-state index contributed by atoms with van der Waals surface area (Å²) in [5.74, 6) is 4.60. The number of terminal acetylenes is 1. The van der Waals surface area contributed by atoms with Crippen LogP contribution in [0.4, 0.5) is 0 Å². The summed E-state index contributed by atoms with van der Waals surface area (Å²) in [5, 5.41) is 0. The van der Waals surface area contributed by atoms with E-state index in [0.717, 1.165) is 12.2 Å². The van der Waals surface area contributed by atoms with Crippen LogP contribution < -0.4 is 0 Å². The summed E-state index contributed by atoms with van der Waals surface area (Å²) in [6.07, 6.45) is 8.33. The Kier molecular flexibility index (Phi) is 7.25. The Hall–Kier alpha value is -0.723. The molecule has 0 N–H and O–H groups in total. The molecule has 0 bridgehead atoms. The van der Waals surface area contributed by atoms with Gasteiger partial charge in [0.2, 0.25) is 0 Å². The summed E-state index contributed by atoms with van der Waals surface area (Å²) < 4.78 is 11.7. The summed E-state index contributed by atoms with van der Waals surface area (Å²) in [6, 6.07) is 0. The van der Waals surface area contributed by atoms with Crippen LogP contribution in [-0.4, -0.2) is 15.2 Å². The Morgan fingerprint density at radius 2 is 1.88 bits per heavy atom. The summed E-state index contributed by atoms with van der Waals surface area (Å²) in [6.45, 7) is 13.1. The third-order valence-electron chi connectivity index (χ3n) is 2.01. The highest BCUT2D eigenvalue weighted by Gasteiger charge is 2.27. The van der Waals surface area contributed by atoms with Gasteiger partial charge in [-0.2, -0.15) is 0 Å². The number of allylic oxidation sites excluding steroid dienone is 2. The van der Waals surface area contributed by atoms with Gasteiger partial charge in [0.05, 0.1) is 12.4 Å². The molecule has 0 aliphatic heterocycles. The molecule has 17 heavy (non-hydrogen) atoms. The van der Waals surface area contributed by atoms with Crippen LogP contribution in [0.2, 0.25) is 13.1 Å².